The van der Waals surface area contributed by atoms with E-state index in [1.54, 1.807) is 31.2 Å². The first kappa shape index (κ1) is 38.7. The molecule has 49 heavy (non-hydrogen) atoms. The van der Waals surface area contributed by atoms with E-state index < -0.39 is 37.5 Å². The van der Waals surface area contributed by atoms with Gasteiger partial charge in [0.05, 0.1) is 32.6 Å². The molecule has 0 heterocycles. The number of aromatic hydroxyl groups is 1. The van der Waals surface area contributed by atoms with Crippen LogP contribution in [0.25, 0.3) is 10.8 Å². The third-order valence-corrected chi connectivity index (χ3v) is 9.23. The second kappa shape index (κ2) is 18.1. The molecule has 0 saturated heterocycles. The zero-order valence-electron chi connectivity index (χ0n) is 29.5. The van der Waals surface area contributed by atoms with E-state index in [1.807, 2.05) is 0 Å². The Kier molecular flexibility index (Phi) is 14.3. The van der Waals surface area contributed by atoms with Crippen molar-refractivity contribution in [3.63, 3.8) is 0 Å². The zero-order chi connectivity index (χ0) is 36.2. The molecule has 0 aliphatic heterocycles. The van der Waals surface area contributed by atoms with E-state index in [0.29, 0.717) is 46.4 Å². The summed E-state index contributed by atoms with van der Waals surface area (Å²) in [5.41, 5.74) is -0.716. The van der Waals surface area contributed by atoms with Crippen molar-refractivity contribution in [2.75, 3.05) is 0 Å². The van der Waals surface area contributed by atoms with Crippen LogP contribution in [0.4, 0.5) is 28.4 Å². The first-order chi connectivity index (χ1) is 23.2. The van der Waals surface area contributed by atoms with Crippen LogP contribution in [0.3, 0.4) is 0 Å². The number of rotatable bonds is 19. The predicted molar refractivity (Wildman–Crippen MR) is 193 cm³/mol. The monoisotopic (exact) mass is 675 g/mol. The predicted octanol–water partition coefficient (Wildman–Crippen LogP) is 11.9. The molecule has 12 nitrogen and oxygen atoms in total. The summed E-state index contributed by atoms with van der Waals surface area (Å²) in [4.78, 5) is 31.9. The van der Waals surface area contributed by atoms with Crippen molar-refractivity contribution >= 4 is 39.2 Å². The molecule has 3 aromatic rings. The van der Waals surface area contributed by atoms with Crippen molar-refractivity contribution in [1.82, 2.24) is 0 Å². The van der Waals surface area contributed by atoms with E-state index in [9.17, 15) is 35.4 Å². The van der Waals surface area contributed by atoms with Crippen LogP contribution < -0.4 is 0 Å². The molecule has 0 aliphatic carbocycles. The molecule has 264 valence electrons. The van der Waals surface area contributed by atoms with Gasteiger partial charge in [-0.15, -0.1) is 10.2 Å². The van der Waals surface area contributed by atoms with Gasteiger partial charge < -0.3 is 5.11 Å². The highest BCUT2D eigenvalue weighted by molar-refractivity contribution is 5.99. The average Bonchev–Trinajstić information content (AvgIpc) is 3.04. The fraction of sp³-hybridized carbons (Fsp3) is 0.514. The maximum absolute atomic E-state index is 11.8. The smallest absolute Gasteiger partial charge is 0.310 e. The fourth-order valence-electron chi connectivity index (χ4n) is 6.22. The third kappa shape index (κ3) is 10.9. The van der Waals surface area contributed by atoms with Crippen LogP contribution in [0, 0.1) is 55.0 Å². The van der Waals surface area contributed by atoms with Crippen molar-refractivity contribution in [1.29, 1.82) is 0 Å². The van der Waals surface area contributed by atoms with Crippen LogP contribution in [0.5, 0.6) is 5.75 Å². The number of nitro groups is 3. The van der Waals surface area contributed by atoms with Gasteiger partial charge in [0.25, 0.3) is 5.69 Å². The molecule has 2 atom stereocenters. The first-order valence-corrected chi connectivity index (χ1v) is 17.1. The molecule has 3 aromatic carbocycles. The van der Waals surface area contributed by atoms with Crippen LogP contribution in [0.15, 0.2) is 58.3 Å². The highest BCUT2D eigenvalue weighted by atomic mass is 16.6. The maximum Gasteiger partial charge on any atom is 0.310 e. The summed E-state index contributed by atoms with van der Waals surface area (Å²) in [6.45, 7) is 13.1. The molecule has 0 spiro atoms. The third-order valence-electron chi connectivity index (χ3n) is 9.23. The largest absolute Gasteiger partial charge is 0.507 e. The van der Waals surface area contributed by atoms with E-state index in [4.69, 9.17) is 0 Å². The first-order valence-electron chi connectivity index (χ1n) is 17.1. The Morgan fingerprint density at radius 1 is 0.776 bits per heavy atom. The lowest BCUT2D eigenvalue weighted by Gasteiger charge is -2.15. The number of azo groups is 1. The topological polar surface area (TPSA) is 174 Å². The molecular weight excluding hydrogens is 626 g/mol. The van der Waals surface area contributed by atoms with Gasteiger partial charge in [-0.3, -0.25) is 30.3 Å². The Morgan fingerprint density at radius 2 is 1.29 bits per heavy atom. The summed E-state index contributed by atoms with van der Waals surface area (Å²) in [5.74, 6) is 2.30. The minimum absolute atomic E-state index is 0.0791. The number of hydrogen-bond donors (Lipinski definition) is 1. The van der Waals surface area contributed by atoms with Crippen LogP contribution in [-0.2, 0) is 6.42 Å². The second-order valence-corrected chi connectivity index (χ2v) is 13.8. The Morgan fingerprint density at radius 3 is 1.82 bits per heavy atom. The molecule has 0 bridgehead atoms. The van der Waals surface area contributed by atoms with Crippen molar-refractivity contribution in [3.8, 4) is 5.75 Å². The van der Waals surface area contributed by atoms with Gasteiger partial charge in [0.15, 0.2) is 0 Å². The van der Waals surface area contributed by atoms with Crippen LogP contribution in [0.1, 0.15) is 104 Å². The van der Waals surface area contributed by atoms with Crippen molar-refractivity contribution in [3.05, 3.63) is 89.5 Å². The number of allylic oxidation sites excluding steroid dienone is 2. The molecular formula is C37H49N5O7. The van der Waals surface area contributed by atoms with Gasteiger partial charge in [-0.1, -0.05) is 109 Å². The molecule has 0 saturated carbocycles. The highest BCUT2D eigenvalue weighted by Crippen LogP contribution is 2.44. The summed E-state index contributed by atoms with van der Waals surface area (Å²) in [7, 11) is 0. The molecule has 0 amide bonds. The number of benzene rings is 3. The average molecular weight is 676 g/mol. The zero-order valence-corrected chi connectivity index (χ0v) is 29.5. The van der Waals surface area contributed by atoms with E-state index in [2.05, 4.69) is 50.9 Å². The number of nitro benzene ring substituents is 3. The molecule has 0 radical (unpaired) electrons. The summed E-state index contributed by atoms with van der Waals surface area (Å²) >= 11 is 0. The summed E-state index contributed by atoms with van der Waals surface area (Å²) in [6.07, 6.45) is 13.4. The number of hydrogen-bond acceptors (Lipinski definition) is 9. The van der Waals surface area contributed by atoms with Gasteiger partial charge in [0, 0.05) is 16.3 Å². The van der Waals surface area contributed by atoms with Crippen LogP contribution in [0.2, 0.25) is 0 Å². The normalized spacial score (nSPS) is 13.3. The van der Waals surface area contributed by atoms with Crippen molar-refractivity contribution in [2.45, 2.75) is 106 Å². The molecule has 12 heteroatoms. The summed E-state index contributed by atoms with van der Waals surface area (Å²) < 4.78 is 0. The fourth-order valence-corrected chi connectivity index (χ4v) is 6.22. The number of phenols is 1. The van der Waals surface area contributed by atoms with Gasteiger partial charge in [0.2, 0.25) is 5.69 Å². The standard InChI is InChI=1S/C37H49N5O7/c1-24(2)12-9-13-25(3)14-10-15-26(4)16-11-17-27(5)20-21-30-28(6)35(31-18-7-8-19-32(31)37(30)43)38-39-36-33(41(46)47)22-29(40(44)45)23-34(36)42(48)49/h7-8,18-20,22-26,43H,9-17,21H2,1-6H3/b27-20+,39-38?. The van der Waals surface area contributed by atoms with Gasteiger partial charge in [-0.2, -0.15) is 0 Å². The van der Waals surface area contributed by atoms with Gasteiger partial charge in [-0.05, 0) is 56.4 Å². The number of non-ortho nitro benzene ring substituents is 1. The van der Waals surface area contributed by atoms with Crippen LogP contribution >= 0.6 is 0 Å². The lowest BCUT2D eigenvalue weighted by atomic mass is 9.91. The second-order valence-electron chi connectivity index (χ2n) is 13.8. The maximum atomic E-state index is 11.8. The molecule has 1 N–H and O–H groups in total. The molecule has 0 aliphatic rings. The Balaban J connectivity index is 1.77. The molecule has 0 fully saturated rings. The molecule has 3 rings (SSSR count). The van der Waals surface area contributed by atoms with E-state index in [0.717, 1.165) is 31.1 Å². The molecule has 2 unspecified atom stereocenters. The summed E-state index contributed by atoms with van der Waals surface area (Å²) in [6, 6.07) is 8.15. The number of nitrogens with zero attached hydrogens (tertiary/aromatic N) is 5. The van der Waals surface area contributed by atoms with E-state index >= 15 is 0 Å². The minimum atomic E-state index is -0.966. The van der Waals surface area contributed by atoms with Gasteiger partial charge in [0.1, 0.15) is 5.75 Å². The Bertz CT molecular complexity index is 1680. The summed E-state index contributed by atoms with van der Waals surface area (Å²) in [5, 5.41) is 55.2. The van der Waals surface area contributed by atoms with Crippen LogP contribution in [-0.4, -0.2) is 19.9 Å². The SMILES string of the molecule is C/C(=C\Cc1c(C)c(N=Nc2c([N+](=O)[O-])cc([N+](=O)[O-])cc2[N+](=O)[O-])c2ccccc2c1O)CCCC(C)CCCC(C)CCCC(C)C. The Labute approximate surface area is 287 Å². The minimum Gasteiger partial charge on any atom is -0.507 e. The Hall–Kier alpha value is -4.74. The highest BCUT2D eigenvalue weighted by Gasteiger charge is 2.31. The van der Waals surface area contributed by atoms with Gasteiger partial charge in [-0.25, -0.2) is 0 Å². The lowest BCUT2D eigenvalue weighted by Crippen LogP contribution is -2.00. The number of fused-ring (bicyclic) bond motifs is 1. The van der Waals surface area contributed by atoms with Crippen molar-refractivity contribution < 1.29 is 19.9 Å². The molecule has 0 aromatic heterocycles. The van der Waals surface area contributed by atoms with E-state index in [1.165, 1.54) is 44.1 Å². The quantitative estimate of drug-likeness (QED) is 0.0568. The number of phenolic OH excluding ortho intramolecular Hbond substituents is 1. The lowest BCUT2D eigenvalue weighted by molar-refractivity contribution is -0.402. The van der Waals surface area contributed by atoms with Crippen molar-refractivity contribution in [2.24, 2.45) is 28.0 Å². The van der Waals surface area contributed by atoms with Gasteiger partial charge >= 0.3 is 11.4 Å². The van der Waals surface area contributed by atoms with E-state index in [-0.39, 0.29) is 11.4 Å².